The van der Waals surface area contributed by atoms with Crippen LogP contribution in [0.5, 0.6) is 0 Å². The van der Waals surface area contributed by atoms with Crippen LogP contribution in [0.1, 0.15) is 146 Å². The molecule has 5 saturated heterocycles. The van der Waals surface area contributed by atoms with E-state index in [0.717, 1.165) is 10.0 Å². The van der Waals surface area contributed by atoms with Gasteiger partial charge in [-0.3, -0.25) is 24.0 Å². The van der Waals surface area contributed by atoms with Crippen molar-refractivity contribution in [2.45, 2.75) is 269 Å². The molecule has 0 unspecified atom stereocenters. The predicted molar refractivity (Wildman–Crippen MR) is 395 cm³/mol. The predicted octanol–water partition coefficient (Wildman–Crippen LogP) is 6.76. The number of ether oxygens (including phenoxy) is 9. The molecule has 586 valence electrons. The number of benzene rings is 2. The normalized spacial score (nSPS) is 33.2. The summed E-state index contributed by atoms with van der Waals surface area (Å²) in [6.45, 7) is 37.3. The van der Waals surface area contributed by atoms with Gasteiger partial charge in [-0.15, -0.1) is 18.4 Å². The number of carboxylic acids is 1. The highest BCUT2D eigenvalue weighted by Gasteiger charge is 2.53. The summed E-state index contributed by atoms with van der Waals surface area (Å²) in [6, 6.07) is 14.7. The highest BCUT2D eigenvalue weighted by molar-refractivity contribution is 9.10. The molecule has 10 N–H and O–H groups in total. The van der Waals surface area contributed by atoms with Crippen molar-refractivity contribution in [1.82, 2.24) is 0 Å². The fourth-order valence-electron chi connectivity index (χ4n) is 13.7. The molecule has 28 heteroatoms. The van der Waals surface area contributed by atoms with E-state index < -0.39 is 139 Å². The number of carbonyl (C=O) groups is 5. The van der Waals surface area contributed by atoms with Gasteiger partial charge in [-0.1, -0.05) is 161 Å². The summed E-state index contributed by atoms with van der Waals surface area (Å²) < 4.78 is 57.4. The summed E-state index contributed by atoms with van der Waals surface area (Å²) in [4.78, 5) is 55.7. The van der Waals surface area contributed by atoms with Gasteiger partial charge >= 0.3 is 29.8 Å². The topological polar surface area (TPSA) is 380 Å². The number of carboxylic acid groups (broad SMARTS) is 1. The number of halogens is 1. The second kappa shape index (κ2) is 43.1. The third-order valence-corrected chi connectivity index (χ3v) is 27.4. The Bertz CT molecular complexity index is 3150. The van der Waals surface area contributed by atoms with Crippen LogP contribution < -0.4 is 0 Å². The van der Waals surface area contributed by atoms with Crippen molar-refractivity contribution < 1.29 is 122 Å². The molecule has 5 fully saturated rings. The lowest BCUT2D eigenvalue weighted by Gasteiger charge is -2.50. The number of aliphatic hydroxyl groups is 9. The van der Waals surface area contributed by atoms with Gasteiger partial charge in [0.2, 0.25) is 8.32 Å². The second-order valence-electron chi connectivity index (χ2n) is 29.5. The average Bonchev–Trinajstić information content (AvgIpc) is 0.783. The van der Waals surface area contributed by atoms with Crippen LogP contribution in [0.15, 0.2) is 53.0 Å². The van der Waals surface area contributed by atoms with Crippen LogP contribution in [0.4, 0.5) is 0 Å². The largest absolute Gasteiger partial charge is 0.481 e. The van der Waals surface area contributed by atoms with Crippen LogP contribution >= 0.6 is 15.9 Å². The second-order valence-corrected chi connectivity index (χ2v) is 40.6. The van der Waals surface area contributed by atoms with Gasteiger partial charge < -0.3 is 98.1 Å². The standard InChI is InChI=1S/C22H44O3Si2.C18H23BrO5.C14H22O7.C14H16O5.C8H12O5/c1-15(2)27(16(3)4,17(5)6)25-22-19(8)18(7)20(24-21(22)14-23)12-13-26(9,10)11;1-10-11(2)18(23-13(4)21)16(9-22-12(3)20)24-17(10)14-6-5-7-15(19)8-14;1-7-8(2)14(20-10(4)16)12(6-19-9(3)15)21-11(7)5-13(17)18;1-2-8-4-3-5-9(6-8)14-13(18)12(17)11(16)10(7-15)19-14;1-2-4-6(10)8(12)7(11)5(3-9)13-4/h15-23H,14H2,1-11H3;5-8,10-11,16-18H,9H2,1-4H3;7-8,11-12,14H,5-6H2,1-4H3,(H,17,18);1,3-6,10-18H,7H2;1,4-12H,3H2/t18-,19+,20+,21+,22-;10-,11+,16+,17-,18-;7-,8+,11+,12+,14-;10-,11-,12+,13+,14-;4-,5-,6-,7-,8-/m00011/s1. The maximum Gasteiger partial charge on any atom is 0.305 e. The van der Waals surface area contributed by atoms with Crippen molar-refractivity contribution in [2.75, 3.05) is 33.0 Å². The van der Waals surface area contributed by atoms with Crippen LogP contribution in [0.25, 0.3) is 0 Å². The number of hydrogen-bond donors (Lipinski definition) is 10. The number of rotatable bonds is 18. The zero-order valence-electron chi connectivity index (χ0n) is 63.7. The number of carbonyl (C=O) groups excluding carboxylic acids is 4. The zero-order chi connectivity index (χ0) is 79.2. The highest BCUT2D eigenvalue weighted by atomic mass is 79.9. The molecular weight excluding hydrogens is 1450 g/mol. The lowest BCUT2D eigenvalue weighted by molar-refractivity contribution is -0.231. The quantitative estimate of drug-likeness (QED) is 0.0319. The van der Waals surface area contributed by atoms with Crippen LogP contribution in [0, 0.1) is 71.7 Å². The van der Waals surface area contributed by atoms with Crippen LogP contribution in [-0.2, 0) is 71.0 Å². The molecule has 7 rings (SSSR count). The van der Waals surface area contributed by atoms with E-state index in [4.69, 9.17) is 75.2 Å². The van der Waals surface area contributed by atoms with E-state index in [-0.39, 0.29) is 86.3 Å². The van der Waals surface area contributed by atoms with Gasteiger partial charge in [0.15, 0.2) is 0 Å². The molecule has 2 aromatic rings. The number of hydrogen-bond acceptors (Lipinski definition) is 24. The number of aliphatic carboxylic acids is 1. The first kappa shape index (κ1) is 93.0. The molecule has 0 aliphatic carbocycles. The molecule has 0 aromatic heterocycles. The summed E-state index contributed by atoms with van der Waals surface area (Å²) in [6.07, 6.45) is -4.87. The summed E-state index contributed by atoms with van der Waals surface area (Å²) in [7, 11) is -3.49. The molecule has 5 aliphatic rings. The van der Waals surface area contributed by atoms with Crippen LogP contribution in [0.3, 0.4) is 0 Å². The third-order valence-electron chi connectivity index (χ3n) is 19.9. The molecule has 0 radical (unpaired) electrons. The summed E-state index contributed by atoms with van der Waals surface area (Å²) in [5.74, 6) is 5.93. The Morgan fingerprint density at radius 2 is 0.952 bits per heavy atom. The van der Waals surface area contributed by atoms with Crippen molar-refractivity contribution in [2.24, 2.45) is 35.5 Å². The molecular formula is C76H117BrO25Si2. The van der Waals surface area contributed by atoms with E-state index in [1.165, 1.54) is 27.7 Å². The van der Waals surface area contributed by atoms with Gasteiger partial charge in [-0.2, -0.15) is 0 Å². The minimum absolute atomic E-state index is 0.00831. The first-order chi connectivity index (χ1) is 48.5. The third kappa shape index (κ3) is 26.3. The van der Waals surface area contributed by atoms with E-state index in [0.29, 0.717) is 39.6 Å². The van der Waals surface area contributed by atoms with E-state index >= 15 is 0 Å². The number of esters is 4. The molecule has 0 bridgehead atoms. The van der Waals surface area contributed by atoms with Crippen molar-refractivity contribution in [3.63, 3.8) is 0 Å². The molecule has 25 atom stereocenters. The summed E-state index contributed by atoms with van der Waals surface area (Å²) >= 11 is 3.48. The number of terminal acetylenes is 2. The fourth-order valence-corrected chi connectivity index (χ4v) is 20.4. The Kier molecular flexibility index (Phi) is 38.5. The van der Waals surface area contributed by atoms with Crippen molar-refractivity contribution in [3.05, 3.63) is 69.7 Å². The van der Waals surface area contributed by atoms with Gasteiger partial charge in [0.1, 0.15) is 119 Å². The van der Waals surface area contributed by atoms with Crippen LogP contribution in [0.2, 0.25) is 36.3 Å². The Balaban J connectivity index is 0.000000343. The molecule has 5 heterocycles. The minimum Gasteiger partial charge on any atom is -0.481 e. The van der Waals surface area contributed by atoms with Gasteiger partial charge in [-0.25, -0.2) is 0 Å². The Morgan fingerprint density at radius 1 is 0.510 bits per heavy atom. The molecule has 0 spiro atoms. The SMILES string of the molecule is C#C[C@H]1O[C@H](CO)[C@@H](O)[C@H](O)[C@@H]1O.C#Cc1cccc([C@H]2O[C@H](CO)[C@@H](O)[C@H](O)[C@@H]2O)c1.CC(=O)OC[C@H]1O[C@H](CC(=O)O)[C@@H](C)[C@@H](C)[C@@H]1OC(C)=O.CC(=O)OC[C@H]1O[C@H](c2cccc(Br)c2)[C@@H](C)[C@@H](C)[C@@H]1OC(C)=O.CC(C)[Si](O[C@H]1[C@H](C)[C@H](C)[C@@H](C#C[Si](C)(C)C)O[C@@H]1CO)(C(C)C)C(C)C. The average molecular weight is 1570 g/mol. The smallest absolute Gasteiger partial charge is 0.305 e. The summed E-state index contributed by atoms with van der Waals surface area (Å²) in [5.41, 5.74) is 7.26. The molecule has 25 nitrogen and oxygen atoms in total. The lowest BCUT2D eigenvalue weighted by Crippen LogP contribution is -2.59. The Hall–Kier alpha value is -5.22. The van der Waals surface area contributed by atoms with E-state index in [2.05, 4.69) is 121 Å². The first-order valence-corrected chi connectivity index (χ1v) is 41.9. The molecule has 0 saturated carbocycles. The first-order valence-electron chi connectivity index (χ1n) is 35.5. The van der Waals surface area contributed by atoms with E-state index in [1.54, 1.807) is 24.3 Å². The van der Waals surface area contributed by atoms with Gasteiger partial charge in [0.25, 0.3) is 0 Å². The fraction of sp³-hybridized carbons (Fsp3) is 0.697. The highest BCUT2D eigenvalue weighted by Crippen LogP contribution is 2.47. The molecule has 2 aromatic carbocycles. The van der Waals surface area contributed by atoms with Gasteiger partial charge in [0, 0.05) is 49.6 Å². The Morgan fingerprint density at radius 3 is 1.39 bits per heavy atom. The maximum absolute atomic E-state index is 11.5. The van der Waals surface area contributed by atoms with Gasteiger partial charge in [0.05, 0.1) is 44.6 Å². The monoisotopic (exact) mass is 1560 g/mol. The lowest BCUT2D eigenvalue weighted by atomic mass is 9.79. The maximum atomic E-state index is 11.5. The number of aliphatic hydroxyl groups excluding tert-OH is 9. The minimum atomic E-state index is -2.04. The zero-order valence-corrected chi connectivity index (χ0v) is 67.2. The summed E-state index contributed by atoms with van der Waals surface area (Å²) in [5, 5.41) is 94.1. The van der Waals surface area contributed by atoms with E-state index in [9.17, 15) is 59.7 Å². The molecule has 5 aliphatic heterocycles. The van der Waals surface area contributed by atoms with Crippen molar-refractivity contribution >= 4 is 62.2 Å². The van der Waals surface area contributed by atoms with Crippen molar-refractivity contribution in [3.8, 4) is 36.2 Å². The molecule has 104 heavy (non-hydrogen) atoms. The van der Waals surface area contributed by atoms with Gasteiger partial charge in [-0.05, 0) is 75.7 Å². The van der Waals surface area contributed by atoms with Crippen molar-refractivity contribution in [1.29, 1.82) is 0 Å². The Labute approximate surface area is 624 Å². The van der Waals surface area contributed by atoms with E-state index in [1.807, 2.05) is 45.0 Å². The molecule has 0 amide bonds. The van der Waals surface area contributed by atoms with Crippen LogP contribution in [-0.4, -0.2) is 234 Å².